The maximum atomic E-state index is 13.8. The molecule has 3 amide bonds. The molecule has 4 N–H and O–H groups in total. The minimum absolute atomic E-state index is 0.0742. The van der Waals surface area contributed by atoms with Crippen molar-refractivity contribution in [3.8, 4) is 5.75 Å². The number of esters is 1. The number of aliphatic hydroxyl groups is 1. The van der Waals surface area contributed by atoms with E-state index in [0.717, 1.165) is 22.3 Å². The Hall–Kier alpha value is -6.20. The number of rotatable bonds is 27. The van der Waals surface area contributed by atoms with Gasteiger partial charge in [-0.1, -0.05) is 115 Å². The van der Waals surface area contributed by atoms with Crippen molar-refractivity contribution in [2.24, 2.45) is 11.8 Å². The van der Waals surface area contributed by atoms with Crippen LogP contribution in [0.3, 0.4) is 0 Å². The van der Waals surface area contributed by atoms with Crippen LogP contribution in [0.15, 0.2) is 141 Å². The van der Waals surface area contributed by atoms with Gasteiger partial charge < -0.3 is 35.3 Å². The summed E-state index contributed by atoms with van der Waals surface area (Å²) in [5.41, 5.74) is 3.84. The molecule has 318 valence electrons. The molecule has 0 bridgehead atoms. The number of hydrogen-bond donors (Lipinski definition) is 4. The monoisotopic (exact) mass is 817 g/mol. The molecule has 4 aromatic carbocycles. The first-order valence-electron chi connectivity index (χ1n) is 20.6. The van der Waals surface area contributed by atoms with E-state index in [-0.39, 0.29) is 44.5 Å². The van der Waals surface area contributed by atoms with Gasteiger partial charge in [0, 0.05) is 13.0 Å². The van der Waals surface area contributed by atoms with Crippen molar-refractivity contribution in [3.63, 3.8) is 0 Å². The summed E-state index contributed by atoms with van der Waals surface area (Å²) < 4.78 is 17.0. The summed E-state index contributed by atoms with van der Waals surface area (Å²) in [6.45, 7) is 8.20. The van der Waals surface area contributed by atoms with Crippen molar-refractivity contribution in [1.82, 2.24) is 16.0 Å². The van der Waals surface area contributed by atoms with Crippen LogP contribution < -0.4 is 20.7 Å². The molecule has 11 nitrogen and oxygen atoms in total. The van der Waals surface area contributed by atoms with Crippen molar-refractivity contribution >= 4 is 23.9 Å². The number of ether oxygens (including phenoxy) is 3. The van der Waals surface area contributed by atoms with E-state index < -0.39 is 36.0 Å². The average molecular weight is 818 g/mol. The van der Waals surface area contributed by atoms with Crippen LogP contribution in [0.5, 0.6) is 5.75 Å². The van der Waals surface area contributed by atoms with Crippen LogP contribution in [0.25, 0.3) is 0 Å². The first-order valence-corrected chi connectivity index (χ1v) is 20.6. The molecule has 4 rings (SSSR count). The smallest absolute Gasteiger partial charge is 0.407 e. The molecule has 0 unspecified atom stereocenters. The summed E-state index contributed by atoms with van der Waals surface area (Å²) >= 11 is 0. The maximum Gasteiger partial charge on any atom is 0.407 e. The molecule has 60 heavy (non-hydrogen) atoms. The van der Waals surface area contributed by atoms with Gasteiger partial charge in [-0.05, 0) is 79.3 Å². The molecule has 0 saturated heterocycles. The summed E-state index contributed by atoms with van der Waals surface area (Å²) in [5, 5.41) is 18.8. The van der Waals surface area contributed by atoms with Gasteiger partial charge in [-0.15, -0.1) is 13.2 Å². The number of unbranched alkanes of at least 4 members (excludes halogenated alkanes) is 1. The lowest BCUT2D eigenvalue weighted by molar-refractivity contribution is -0.150. The van der Waals surface area contributed by atoms with E-state index in [4.69, 9.17) is 14.2 Å². The number of hydrogen-bond acceptors (Lipinski definition) is 8. The number of carbonyl (C=O) groups excluding carboxylic acids is 4. The Morgan fingerprint density at radius 2 is 1.22 bits per heavy atom. The van der Waals surface area contributed by atoms with Gasteiger partial charge in [-0.3, -0.25) is 14.4 Å². The highest BCUT2D eigenvalue weighted by Crippen LogP contribution is 2.18. The molecule has 0 fully saturated rings. The van der Waals surface area contributed by atoms with E-state index in [1.54, 1.807) is 12.2 Å². The molecule has 11 heteroatoms. The highest BCUT2D eigenvalue weighted by molar-refractivity contribution is 5.86. The highest BCUT2D eigenvalue weighted by atomic mass is 16.5. The SMILES string of the molecule is C=CC[C@H](CC(=O)N[C@H](CO)Cc1ccc(OCc2ccccc2)cc1)C(=O)N[C@@H](CCCCNC(=O)OCc1ccccc1)COC(=O)[C@@H](CC=C)Cc1ccccc1. The molecule has 0 aliphatic carbocycles. The van der Waals surface area contributed by atoms with E-state index in [9.17, 15) is 24.3 Å². The zero-order valence-electron chi connectivity index (χ0n) is 34.3. The average Bonchev–Trinajstić information content (AvgIpc) is 3.27. The van der Waals surface area contributed by atoms with Gasteiger partial charge in [0.2, 0.25) is 11.8 Å². The number of carbonyl (C=O) groups is 4. The largest absolute Gasteiger partial charge is 0.489 e. The Morgan fingerprint density at radius 3 is 1.83 bits per heavy atom. The molecule has 0 heterocycles. The zero-order chi connectivity index (χ0) is 42.8. The van der Waals surface area contributed by atoms with E-state index in [2.05, 4.69) is 29.1 Å². The summed E-state index contributed by atoms with van der Waals surface area (Å²) in [7, 11) is 0. The second-order valence-corrected chi connectivity index (χ2v) is 14.7. The zero-order valence-corrected chi connectivity index (χ0v) is 34.3. The maximum absolute atomic E-state index is 13.8. The molecule has 0 radical (unpaired) electrons. The Morgan fingerprint density at radius 1 is 0.633 bits per heavy atom. The summed E-state index contributed by atoms with van der Waals surface area (Å²) in [5.74, 6) is -1.67. The van der Waals surface area contributed by atoms with Gasteiger partial charge >= 0.3 is 12.1 Å². The molecule has 0 aliphatic heterocycles. The van der Waals surface area contributed by atoms with E-state index in [1.807, 2.05) is 115 Å². The van der Waals surface area contributed by atoms with Gasteiger partial charge in [-0.2, -0.15) is 0 Å². The van der Waals surface area contributed by atoms with Gasteiger partial charge in [0.15, 0.2) is 0 Å². The third-order valence-corrected chi connectivity index (χ3v) is 9.84. The molecule has 0 aliphatic rings. The van der Waals surface area contributed by atoms with E-state index >= 15 is 0 Å². The fraction of sp³-hybridized carbons (Fsp3) is 0.347. The van der Waals surface area contributed by atoms with Crippen molar-refractivity contribution in [3.05, 3.63) is 163 Å². The fourth-order valence-electron chi connectivity index (χ4n) is 6.56. The minimum Gasteiger partial charge on any atom is -0.489 e. The predicted octanol–water partition coefficient (Wildman–Crippen LogP) is 7.43. The lowest BCUT2D eigenvalue weighted by atomic mass is 9.96. The first-order chi connectivity index (χ1) is 29.3. The van der Waals surface area contributed by atoms with E-state index in [1.165, 1.54) is 0 Å². The third kappa shape index (κ3) is 17.7. The van der Waals surface area contributed by atoms with Crippen molar-refractivity contribution in [2.45, 2.75) is 76.7 Å². The van der Waals surface area contributed by atoms with Crippen LogP contribution >= 0.6 is 0 Å². The predicted molar refractivity (Wildman–Crippen MR) is 233 cm³/mol. The summed E-state index contributed by atoms with van der Waals surface area (Å²) in [6.07, 6.45) is 5.75. The van der Waals surface area contributed by atoms with Crippen LogP contribution in [-0.2, 0) is 49.9 Å². The van der Waals surface area contributed by atoms with Gasteiger partial charge in [0.05, 0.1) is 30.5 Å². The second kappa shape index (κ2) is 26.7. The Kier molecular flexibility index (Phi) is 20.7. The van der Waals surface area contributed by atoms with Gasteiger partial charge in [-0.25, -0.2) is 4.79 Å². The standard InChI is InChI=1S/C49H59N3O8/c1-3-16-41(32-46(54)51-44(33-53)31-38-25-27-45(28-26-38)58-34-39-20-10-6-11-21-39)47(55)52-43(24-14-15-29-50-49(57)60-35-40-22-12-7-13-23-40)36-59-48(56)42(17-4-2)30-37-18-8-5-9-19-37/h3-13,18-23,25-28,41-44,53H,1-2,14-17,24,29-36H2,(H,50,57)(H,51,54)(H,52,55)/t41-,42+,43+,44+/m1/s1. The number of aliphatic hydroxyl groups excluding tert-OH is 1. The fourth-order valence-corrected chi connectivity index (χ4v) is 6.56. The number of nitrogens with one attached hydrogen (secondary N) is 3. The number of amides is 3. The van der Waals surface area contributed by atoms with Crippen LogP contribution in [0.1, 0.15) is 60.8 Å². The molecule has 4 atom stereocenters. The molecule has 0 aromatic heterocycles. The number of allylic oxidation sites excluding steroid dienone is 2. The molecule has 0 spiro atoms. The van der Waals surface area contributed by atoms with Crippen molar-refractivity contribution in [1.29, 1.82) is 0 Å². The Labute approximate surface area is 354 Å². The van der Waals surface area contributed by atoms with Crippen LogP contribution in [0, 0.1) is 11.8 Å². The summed E-state index contributed by atoms with van der Waals surface area (Å²) in [6, 6.07) is 35.3. The minimum atomic E-state index is -0.756. The van der Waals surface area contributed by atoms with Crippen LogP contribution in [-0.4, -0.2) is 60.8 Å². The quantitative estimate of drug-likeness (QED) is 0.0276. The van der Waals surface area contributed by atoms with Crippen LogP contribution in [0.4, 0.5) is 4.79 Å². The third-order valence-electron chi connectivity index (χ3n) is 9.84. The Bertz CT molecular complexity index is 1890. The lowest BCUT2D eigenvalue weighted by Gasteiger charge is -2.24. The van der Waals surface area contributed by atoms with Crippen molar-refractivity contribution < 1.29 is 38.5 Å². The van der Waals surface area contributed by atoms with Gasteiger partial charge in [0.25, 0.3) is 0 Å². The second-order valence-electron chi connectivity index (χ2n) is 14.7. The highest BCUT2D eigenvalue weighted by Gasteiger charge is 2.26. The molecule has 0 saturated carbocycles. The van der Waals surface area contributed by atoms with E-state index in [0.29, 0.717) is 57.4 Å². The number of benzene rings is 4. The molecule has 4 aromatic rings. The number of alkyl carbamates (subject to hydrolysis) is 1. The summed E-state index contributed by atoms with van der Waals surface area (Å²) in [4.78, 5) is 52.7. The van der Waals surface area contributed by atoms with Gasteiger partial charge in [0.1, 0.15) is 25.6 Å². The topological polar surface area (TPSA) is 152 Å². The van der Waals surface area contributed by atoms with Crippen molar-refractivity contribution in [2.75, 3.05) is 19.8 Å². The Balaban J connectivity index is 1.31. The lowest BCUT2D eigenvalue weighted by Crippen LogP contribution is -2.45. The first kappa shape index (κ1) is 46.5. The molecular weight excluding hydrogens is 759 g/mol. The van der Waals surface area contributed by atoms with Crippen LogP contribution in [0.2, 0.25) is 0 Å². The normalized spacial score (nSPS) is 12.8. The molecular formula is C49H59N3O8.